The van der Waals surface area contributed by atoms with E-state index < -0.39 is 32.5 Å². The Morgan fingerprint density at radius 1 is 0.271 bits per heavy atom. The van der Waals surface area contributed by atoms with Crippen molar-refractivity contribution in [3.05, 3.63) is 149 Å². The molecule has 3 atom stereocenters. The van der Waals surface area contributed by atoms with Crippen molar-refractivity contribution in [2.24, 2.45) is 20.8 Å². The van der Waals surface area contributed by atoms with Crippen LogP contribution in [-0.4, -0.2) is 22.3 Å². The Labute approximate surface area is 530 Å². The fourth-order valence-corrected chi connectivity index (χ4v) is 32.1. The highest BCUT2D eigenvalue weighted by Gasteiger charge is 2.98. The zero-order chi connectivity index (χ0) is 59.5. The van der Waals surface area contributed by atoms with Crippen molar-refractivity contribution >= 4 is 283 Å². The van der Waals surface area contributed by atoms with Gasteiger partial charge in [0, 0.05) is 69.2 Å². The third-order valence-electron chi connectivity index (χ3n) is 32.8. The van der Waals surface area contributed by atoms with Crippen LogP contribution in [0.4, 0.5) is 22.7 Å². The average molecular weight is 1200 g/mol. The van der Waals surface area contributed by atoms with Crippen LogP contribution in [0.1, 0.15) is 81.3 Å². The van der Waals surface area contributed by atoms with Crippen LogP contribution in [0.2, 0.25) is 0 Å². The number of nitrogens with zero attached hydrogens (tertiary/aromatic N) is 4. The van der Waals surface area contributed by atoms with E-state index in [1.54, 1.807) is 328 Å². The molecule has 422 valence electrons. The zero-order valence-corrected chi connectivity index (χ0v) is 49.7. The summed E-state index contributed by atoms with van der Waals surface area (Å²) in [5, 5.41) is 97.2. The molecule has 14 aliphatic rings. The number of hydrogen-bond acceptors (Lipinski definition) is 6. The summed E-state index contributed by atoms with van der Waals surface area (Å²) in [5.74, 6) is 0. The molecule has 41 rings (SSSR count). The van der Waals surface area contributed by atoms with Gasteiger partial charge in [0.25, 0.3) is 11.4 Å². The molecule has 96 heavy (non-hydrogen) atoms. The van der Waals surface area contributed by atoms with Gasteiger partial charge in [0.05, 0.1) is 21.2 Å². The van der Waals surface area contributed by atoms with Gasteiger partial charge in [-0.15, -0.1) is 0 Å². The van der Waals surface area contributed by atoms with E-state index in [4.69, 9.17) is 9.98 Å². The Kier molecular flexibility index (Phi) is 4.23. The van der Waals surface area contributed by atoms with Crippen LogP contribution < -0.4 is 0 Å². The lowest BCUT2D eigenvalue weighted by Gasteiger charge is -2.34. The Bertz CT molecular complexity index is 8580. The molecule has 0 amide bonds. The SMILES string of the molecule is O=[N+]([O-])c1ccc(N=CC23CCCc4ccc(cc4)CCCC4(C=Nc5ccc([N+](=O)[O-])cc5)C56c7c8c9c%10c%11c%12c%13c%14c%15c%16c%17c(c-8c5c5c8c%18c%19c%20c(c%21c7c%10c7c%21c%10c%20c%20c%21c%19c%19c8c(c5%17)c5c%16c8c%14c%14c%13c%13c%11c7c7c%10c%20c%10c(c%137)c%14c7c8c5c%19c%21c7%10)C%1846)C%152C9%123)cc1. The second-order valence-corrected chi connectivity index (χ2v) is 33.5. The lowest BCUT2D eigenvalue weighted by Crippen LogP contribution is -2.28. The smallest absolute Gasteiger partial charge is 0.261 e. The lowest BCUT2D eigenvalue weighted by molar-refractivity contribution is -0.385. The van der Waals surface area contributed by atoms with Crippen molar-refractivity contribution < 1.29 is 9.85 Å². The van der Waals surface area contributed by atoms with Gasteiger partial charge in [-0.3, -0.25) is 30.2 Å². The van der Waals surface area contributed by atoms with Crippen molar-refractivity contribution in [3.8, 4) is 11.1 Å². The van der Waals surface area contributed by atoms with Gasteiger partial charge in [-0.25, -0.2) is 0 Å². The monoisotopic (exact) mass is 1200 g/mol. The quantitative estimate of drug-likeness (QED) is 0.0714. The molecule has 27 aromatic carbocycles. The van der Waals surface area contributed by atoms with Gasteiger partial charge in [0.15, 0.2) is 0 Å². The minimum absolute atomic E-state index is 0.0872. The summed E-state index contributed by atoms with van der Waals surface area (Å²) in [6.45, 7) is 0. The number of non-ortho nitro benzene ring substituents is 2. The van der Waals surface area contributed by atoms with E-state index >= 15 is 0 Å². The molecule has 8 nitrogen and oxygen atoms in total. The highest BCUT2D eigenvalue weighted by molar-refractivity contribution is 6.79. The molecule has 0 heterocycles. The number of nitro benzene ring substituents is 2. The van der Waals surface area contributed by atoms with Gasteiger partial charge in [-0.2, -0.15) is 0 Å². The van der Waals surface area contributed by atoms with Gasteiger partial charge >= 0.3 is 0 Å². The average Bonchev–Trinajstić information content (AvgIpc) is 1.34. The van der Waals surface area contributed by atoms with E-state index in [0.29, 0.717) is 0 Å². The first-order chi connectivity index (χ1) is 47.4. The van der Waals surface area contributed by atoms with Gasteiger partial charge in [0.2, 0.25) is 0 Å². The Hall–Kier alpha value is -11.5. The van der Waals surface area contributed by atoms with E-state index in [2.05, 4.69) is 36.7 Å². The number of aryl methyl sites for hydroxylation is 2. The summed E-state index contributed by atoms with van der Waals surface area (Å²) in [6, 6.07) is 24.1. The molecule has 2 saturated carbocycles. The number of hydrogen-bond donors (Lipinski definition) is 0. The van der Waals surface area contributed by atoms with Crippen LogP contribution in [0.3, 0.4) is 0 Å². The van der Waals surface area contributed by atoms with Crippen LogP contribution in [0.5, 0.6) is 0 Å². The van der Waals surface area contributed by atoms with Crippen molar-refractivity contribution in [2.75, 3.05) is 0 Å². The summed E-state index contributed by atoms with van der Waals surface area (Å²) in [5.41, 5.74) is 17.4. The summed E-state index contributed by atoms with van der Waals surface area (Å²) < 4.78 is 0. The molecular formula is C88H26N4O4. The first-order valence-electron chi connectivity index (χ1n) is 35.1. The van der Waals surface area contributed by atoms with Gasteiger partial charge in [0.1, 0.15) is 0 Å². The summed E-state index contributed by atoms with van der Waals surface area (Å²) in [6.07, 6.45) is 10.9. The largest absolute Gasteiger partial charge is 0.269 e. The molecule has 14 aliphatic carbocycles. The van der Waals surface area contributed by atoms with E-state index in [1.807, 2.05) is 24.3 Å². The molecule has 8 heteroatoms. The maximum atomic E-state index is 12.4. The van der Waals surface area contributed by atoms with Crippen LogP contribution in [0.15, 0.2) is 82.8 Å². The molecule has 12 bridgehead atoms. The van der Waals surface area contributed by atoms with Gasteiger partial charge in [-0.05, 0) is 377 Å². The van der Waals surface area contributed by atoms with Crippen molar-refractivity contribution in [3.63, 3.8) is 0 Å². The first-order valence-corrected chi connectivity index (χ1v) is 35.1. The molecule has 0 aliphatic heterocycles. The lowest BCUT2D eigenvalue weighted by atomic mass is 9.66. The maximum Gasteiger partial charge on any atom is 0.269 e. The Morgan fingerprint density at radius 3 is 0.708 bits per heavy atom. The van der Waals surface area contributed by atoms with Crippen LogP contribution in [-0.2, 0) is 34.5 Å². The number of benzene rings is 19. The fourth-order valence-electron chi connectivity index (χ4n) is 32.1. The zero-order valence-electron chi connectivity index (χ0n) is 49.7. The van der Waals surface area contributed by atoms with Gasteiger partial charge in [-0.1, -0.05) is 24.3 Å². The number of rotatable bonds is 6. The fraction of sp³-hybridized carbons (Fsp3) is 0.136. The van der Waals surface area contributed by atoms with Crippen molar-refractivity contribution in [1.82, 2.24) is 0 Å². The highest BCUT2D eigenvalue weighted by Crippen LogP contribution is 3.02. The molecule has 3 unspecified atom stereocenters. The van der Waals surface area contributed by atoms with E-state index in [0.717, 1.165) is 49.9 Å². The second-order valence-electron chi connectivity index (χ2n) is 33.5. The molecule has 0 aromatic heterocycles. The number of nitro groups is 2. The van der Waals surface area contributed by atoms with Gasteiger partial charge < -0.3 is 0 Å². The normalized spacial score (nSPS) is 27.2. The molecule has 27 aromatic rings. The van der Waals surface area contributed by atoms with E-state index in [1.165, 1.54) is 11.1 Å². The standard InChI is InChI=1S/C88H26N4O4/c93-91(94)25-13-9-23(10-14-25)89-19-83-17-1-3-21-5-7-22(8-6-21)4-2-18-84(20-90-24-11-15-26(16-12-24)92(95)96)86-77-63-55-44-36-29-27-28-30-35(29)48(55)56-45-37(30)34-39-32(28)41-40-31(27)38-33(36)42-49-57-46(38)51(40)61-62-52(41)47(39)58-50-43(34)54(45)66-70-60(50)72-68(58)76(62)85(83)75(61)67(57)71-59(49)69(65(77)53(42)44)79(86)73-74(82(72)88(83,85)81(71)73)80(70)87(84,86)78(66)64(56)63/h5-16,19-20H,1-4,17-18H2. The summed E-state index contributed by atoms with van der Waals surface area (Å²) >= 11 is 0. The van der Waals surface area contributed by atoms with Crippen LogP contribution in [0, 0.1) is 31.1 Å². The van der Waals surface area contributed by atoms with Crippen molar-refractivity contribution in [2.45, 2.75) is 60.2 Å². The number of aliphatic imine (C=N–C) groups is 2. The Morgan fingerprint density at radius 2 is 0.469 bits per heavy atom. The van der Waals surface area contributed by atoms with E-state index in [9.17, 15) is 20.2 Å². The van der Waals surface area contributed by atoms with Crippen molar-refractivity contribution in [1.29, 1.82) is 0 Å². The minimum Gasteiger partial charge on any atom is -0.261 e. The Balaban J connectivity index is 0.903. The second kappa shape index (κ2) is 10.00. The molecular weight excluding hydrogens is 1180 g/mol. The summed E-state index contributed by atoms with van der Waals surface area (Å²) in [7, 11) is 0. The first kappa shape index (κ1) is 40.6. The molecule has 4 spiro atoms. The molecule has 0 saturated heterocycles. The molecule has 0 N–H and O–H groups in total. The van der Waals surface area contributed by atoms with Crippen LogP contribution in [0.25, 0.3) is 259 Å². The maximum absolute atomic E-state index is 12.4. The molecule has 0 radical (unpaired) electrons. The summed E-state index contributed by atoms with van der Waals surface area (Å²) in [4.78, 5) is 36.3. The topological polar surface area (TPSA) is 111 Å². The third kappa shape index (κ3) is 2.48. The highest BCUT2D eigenvalue weighted by atomic mass is 16.6. The third-order valence-corrected chi connectivity index (χ3v) is 32.8. The predicted octanol–water partition coefficient (Wildman–Crippen LogP) is 21.8. The van der Waals surface area contributed by atoms with E-state index in [-0.39, 0.29) is 21.2 Å². The minimum atomic E-state index is -0.560. The predicted molar refractivity (Wildman–Crippen MR) is 386 cm³/mol. The molecule has 2 fully saturated rings. The van der Waals surface area contributed by atoms with Crippen LogP contribution >= 0.6 is 0 Å².